The van der Waals surface area contributed by atoms with Gasteiger partial charge in [-0.1, -0.05) is 6.92 Å². The quantitative estimate of drug-likeness (QED) is 0.720. The first-order valence-corrected chi connectivity index (χ1v) is 4.88. The molecule has 0 aliphatic carbocycles. The Labute approximate surface area is 79.8 Å². The van der Waals surface area contributed by atoms with E-state index >= 15 is 0 Å². The van der Waals surface area contributed by atoms with Crippen molar-refractivity contribution in [2.75, 3.05) is 7.11 Å². The number of hydrogen-bond acceptors (Lipinski definition) is 2. The number of hydrogen-bond donors (Lipinski definition) is 1. The van der Waals surface area contributed by atoms with Crippen LogP contribution >= 0.6 is 0 Å². The monoisotopic (exact) mass is 185 g/mol. The third-order valence-corrected chi connectivity index (χ3v) is 3.35. The Kier molecular flexibility index (Phi) is 2.96. The lowest BCUT2D eigenvalue weighted by Crippen LogP contribution is -2.41. The van der Waals surface area contributed by atoms with Gasteiger partial charge in [-0.15, -0.1) is 0 Å². The zero-order valence-corrected chi connectivity index (χ0v) is 8.89. The van der Waals surface area contributed by atoms with Gasteiger partial charge >= 0.3 is 0 Å². The second-order valence-corrected chi connectivity index (χ2v) is 4.04. The van der Waals surface area contributed by atoms with Crippen molar-refractivity contribution in [2.24, 2.45) is 5.92 Å². The molecule has 0 aromatic heterocycles. The maximum atomic E-state index is 11.2. The molecule has 0 spiro atoms. The van der Waals surface area contributed by atoms with Crippen LogP contribution in [0.1, 0.15) is 33.6 Å². The molecule has 1 fully saturated rings. The molecule has 1 amide bonds. The highest BCUT2D eigenvalue weighted by atomic mass is 16.5. The molecule has 0 bridgehead atoms. The second kappa shape index (κ2) is 3.66. The van der Waals surface area contributed by atoms with E-state index in [0.717, 1.165) is 6.42 Å². The molecule has 76 valence electrons. The van der Waals surface area contributed by atoms with Crippen LogP contribution in [-0.2, 0) is 9.53 Å². The lowest BCUT2D eigenvalue weighted by Gasteiger charge is -2.34. The first-order chi connectivity index (χ1) is 6.03. The molecule has 3 nitrogen and oxygen atoms in total. The van der Waals surface area contributed by atoms with Gasteiger partial charge in [-0.25, -0.2) is 0 Å². The van der Waals surface area contributed by atoms with Gasteiger partial charge in [0, 0.05) is 25.5 Å². The van der Waals surface area contributed by atoms with Crippen molar-refractivity contribution in [2.45, 2.75) is 45.3 Å². The highest BCUT2D eigenvalue weighted by molar-refractivity contribution is 5.79. The predicted molar refractivity (Wildman–Crippen MR) is 51.4 cm³/mol. The molecule has 3 unspecified atom stereocenters. The van der Waals surface area contributed by atoms with Crippen molar-refractivity contribution in [1.29, 1.82) is 0 Å². The summed E-state index contributed by atoms with van der Waals surface area (Å²) in [6.45, 7) is 6.22. The summed E-state index contributed by atoms with van der Waals surface area (Å²) in [6.07, 6.45) is 1.53. The lowest BCUT2D eigenvalue weighted by atomic mass is 9.82. The van der Waals surface area contributed by atoms with E-state index < -0.39 is 0 Å². The molecule has 1 heterocycles. The second-order valence-electron chi connectivity index (χ2n) is 4.04. The van der Waals surface area contributed by atoms with Crippen LogP contribution in [0.25, 0.3) is 0 Å². The molecule has 0 radical (unpaired) electrons. The van der Waals surface area contributed by atoms with Gasteiger partial charge in [0.1, 0.15) is 0 Å². The lowest BCUT2D eigenvalue weighted by molar-refractivity contribution is -0.120. The van der Waals surface area contributed by atoms with E-state index in [2.05, 4.69) is 19.2 Å². The molecule has 3 atom stereocenters. The fourth-order valence-electron chi connectivity index (χ4n) is 2.09. The van der Waals surface area contributed by atoms with Gasteiger partial charge in [0.15, 0.2) is 0 Å². The van der Waals surface area contributed by atoms with Crippen LogP contribution in [0, 0.1) is 5.92 Å². The van der Waals surface area contributed by atoms with Crippen LogP contribution in [-0.4, -0.2) is 24.7 Å². The first kappa shape index (κ1) is 10.5. The molecular formula is C10H19NO2. The average Bonchev–Trinajstić information content (AvgIpc) is 2.44. The number of nitrogens with one attached hydrogen (secondary N) is 1. The topological polar surface area (TPSA) is 38.3 Å². The van der Waals surface area contributed by atoms with Gasteiger partial charge < -0.3 is 10.1 Å². The Balaban J connectivity index is 2.75. The number of rotatable bonds is 3. The number of amides is 1. The minimum Gasteiger partial charge on any atom is -0.378 e. The summed E-state index contributed by atoms with van der Waals surface area (Å²) in [5.74, 6) is 0.448. The van der Waals surface area contributed by atoms with Crippen LogP contribution in [0.4, 0.5) is 0 Å². The summed E-state index contributed by atoms with van der Waals surface area (Å²) in [5, 5.41) is 2.92. The van der Waals surface area contributed by atoms with Crippen molar-refractivity contribution in [3.05, 3.63) is 0 Å². The maximum Gasteiger partial charge on any atom is 0.220 e. The summed E-state index contributed by atoms with van der Waals surface area (Å²) in [6, 6.07) is 0.234. The van der Waals surface area contributed by atoms with E-state index in [0.29, 0.717) is 12.3 Å². The summed E-state index contributed by atoms with van der Waals surface area (Å²) >= 11 is 0. The highest BCUT2D eigenvalue weighted by Gasteiger charge is 2.42. The normalized spacial score (nSPS) is 32.8. The molecule has 1 saturated heterocycles. The van der Waals surface area contributed by atoms with Crippen molar-refractivity contribution < 1.29 is 9.53 Å². The maximum absolute atomic E-state index is 11.2. The first-order valence-electron chi connectivity index (χ1n) is 4.88. The SMILES string of the molecule is CCC(C)(OC)C1CC(=O)NC1C. The van der Waals surface area contributed by atoms with Crippen LogP contribution in [0.5, 0.6) is 0 Å². The summed E-state index contributed by atoms with van der Waals surface area (Å²) in [7, 11) is 1.72. The summed E-state index contributed by atoms with van der Waals surface area (Å²) in [5.41, 5.74) is -0.168. The van der Waals surface area contributed by atoms with Gasteiger partial charge in [-0.05, 0) is 20.3 Å². The molecule has 0 aromatic rings. The van der Waals surface area contributed by atoms with E-state index in [9.17, 15) is 4.79 Å². The summed E-state index contributed by atoms with van der Waals surface area (Å²) in [4.78, 5) is 11.2. The molecule has 1 aliphatic heterocycles. The molecule has 1 rings (SSSR count). The van der Waals surface area contributed by atoms with Crippen molar-refractivity contribution in [3.63, 3.8) is 0 Å². The molecular weight excluding hydrogens is 166 g/mol. The van der Waals surface area contributed by atoms with Crippen molar-refractivity contribution in [1.82, 2.24) is 5.32 Å². The van der Waals surface area contributed by atoms with Crippen molar-refractivity contribution in [3.8, 4) is 0 Å². The Morgan fingerprint density at radius 1 is 1.69 bits per heavy atom. The standard InChI is InChI=1S/C10H19NO2/c1-5-10(3,13-4)8-6-9(12)11-7(8)2/h7-8H,5-6H2,1-4H3,(H,11,12). The molecule has 3 heteroatoms. The fraction of sp³-hybridized carbons (Fsp3) is 0.900. The number of methoxy groups -OCH3 is 1. The van der Waals surface area contributed by atoms with Gasteiger partial charge in [0.05, 0.1) is 5.60 Å². The van der Waals surface area contributed by atoms with E-state index in [4.69, 9.17) is 4.74 Å². The number of ether oxygens (including phenoxy) is 1. The smallest absolute Gasteiger partial charge is 0.220 e. The van der Waals surface area contributed by atoms with Gasteiger partial charge in [0.25, 0.3) is 0 Å². The Morgan fingerprint density at radius 2 is 2.31 bits per heavy atom. The highest BCUT2D eigenvalue weighted by Crippen LogP contribution is 2.33. The third-order valence-electron chi connectivity index (χ3n) is 3.35. The predicted octanol–water partition coefficient (Wildman–Crippen LogP) is 1.33. The summed E-state index contributed by atoms with van der Waals surface area (Å²) < 4.78 is 5.50. The molecule has 0 aromatic carbocycles. The minimum atomic E-state index is -0.168. The Hall–Kier alpha value is -0.570. The number of carbonyl (C=O) groups is 1. The molecule has 1 N–H and O–H groups in total. The van der Waals surface area contributed by atoms with E-state index in [-0.39, 0.29) is 17.6 Å². The third kappa shape index (κ3) is 1.85. The van der Waals surface area contributed by atoms with E-state index in [1.54, 1.807) is 7.11 Å². The Morgan fingerprint density at radius 3 is 2.62 bits per heavy atom. The largest absolute Gasteiger partial charge is 0.378 e. The van der Waals surface area contributed by atoms with Crippen LogP contribution in [0.15, 0.2) is 0 Å². The zero-order chi connectivity index (χ0) is 10.1. The molecule has 1 aliphatic rings. The zero-order valence-electron chi connectivity index (χ0n) is 8.89. The van der Waals surface area contributed by atoms with Gasteiger partial charge in [0.2, 0.25) is 5.91 Å². The average molecular weight is 185 g/mol. The van der Waals surface area contributed by atoms with Crippen molar-refractivity contribution >= 4 is 5.91 Å². The van der Waals surface area contributed by atoms with Crippen LogP contribution in [0.3, 0.4) is 0 Å². The van der Waals surface area contributed by atoms with Crippen LogP contribution in [0.2, 0.25) is 0 Å². The van der Waals surface area contributed by atoms with E-state index in [1.165, 1.54) is 0 Å². The minimum absolute atomic E-state index is 0.147. The van der Waals surface area contributed by atoms with Gasteiger partial charge in [-0.2, -0.15) is 0 Å². The fourth-order valence-corrected chi connectivity index (χ4v) is 2.09. The number of carbonyl (C=O) groups excluding carboxylic acids is 1. The Bertz CT molecular complexity index is 199. The van der Waals surface area contributed by atoms with Crippen LogP contribution < -0.4 is 5.32 Å². The van der Waals surface area contributed by atoms with E-state index in [1.807, 2.05) is 6.92 Å². The van der Waals surface area contributed by atoms with Gasteiger partial charge in [-0.3, -0.25) is 4.79 Å². The molecule has 0 saturated carbocycles. The molecule has 13 heavy (non-hydrogen) atoms.